The van der Waals surface area contributed by atoms with E-state index in [1.54, 1.807) is 6.07 Å². The van der Waals surface area contributed by atoms with Crippen molar-refractivity contribution in [2.45, 2.75) is 32.4 Å². The topological polar surface area (TPSA) is 83.4 Å². The first-order chi connectivity index (χ1) is 17.5. The second-order valence-electron chi connectivity index (χ2n) is 8.00. The van der Waals surface area contributed by atoms with Gasteiger partial charge in [0.1, 0.15) is 6.61 Å². The lowest BCUT2D eigenvalue weighted by Gasteiger charge is -2.15. The van der Waals surface area contributed by atoms with Crippen molar-refractivity contribution in [2.24, 2.45) is 0 Å². The van der Waals surface area contributed by atoms with Gasteiger partial charge < -0.3 is 20.1 Å². The van der Waals surface area contributed by atoms with E-state index in [0.29, 0.717) is 28.6 Å². The fraction of sp³-hybridized carbons (Fsp3) is 0.214. The van der Waals surface area contributed by atoms with Crippen molar-refractivity contribution >= 4 is 52.0 Å². The Bertz CT molecular complexity index is 1320. The summed E-state index contributed by atoms with van der Waals surface area (Å²) >= 11 is 3.65. The number of hydrogen-bond acceptors (Lipinski definition) is 6. The molecule has 1 aliphatic heterocycles. The standard InChI is InChI=1S/C28H26IN3O3S/c1-3-18-9-11-22(12-10-18)31-28-32-27(33)25(36-28)15-19-13-23(29)26(24(14-19)34-4-2)35-17-21-8-6-5-7-20(21)16-30/h5-15,28,31H,3-4,17H2,1-2H3,(H,32,33)/b25-15-/t28-/m0/s1. The lowest BCUT2D eigenvalue weighted by atomic mass is 10.1. The van der Waals surface area contributed by atoms with Gasteiger partial charge in [-0.15, -0.1) is 0 Å². The molecule has 36 heavy (non-hydrogen) atoms. The third kappa shape index (κ3) is 6.33. The van der Waals surface area contributed by atoms with Crippen LogP contribution in [0.5, 0.6) is 11.5 Å². The normalized spacial score (nSPS) is 15.9. The Balaban J connectivity index is 1.51. The Morgan fingerprint density at radius 2 is 1.92 bits per heavy atom. The van der Waals surface area contributed by atoms with Crippen molar-refractivity contribution in [3.63, 3.8) is 0 Å². The van der Waals surface area contributed by atoms with E-state index in [2.05, 4.69) is 58.4 Å². The van der Waals surface area contributed by atoms with Crippen molar-refractivity contribution < 1.29 is 14.3 Å². The molecule has 0 bridgehead atoms. The molecule has 0 saturated carbocycles. The lowest BCUT2D eigenvalue weighted by Crippen LogP contribution is -2.30. The Hall–Kier alpha value is -3.16. The maximum atomic E-state index is 12.6. The van der Waals surface area contributed by atoms with E-state index in [0.717, 1.165) is 26.8 Å². The predicted octanol–water partition coefficient (Wildman–Crippen LogP) is 6.30. The largest absolute Gasteiger partial charge is 0.490 e. The minimum Gasteiger partial charge on any atom is -0.490 e. The van der Waals surface area contributed by atoms with Crippen LogP contribution in [-0.2, 0) is 17.8 Å². The van der Waals surface area contributed by atoms with Crippen LogP contribution in [0.25, 0.3) is 6.08 Å². The third-order valence-corrected chi connectivity index (χ3v) is 7.36. The summed E-state index contributed by atoms with van der Waals surface area (Å²) in [5, 5.41) is 15.7. The van der Waals surface area contributed by atoms with Gasteiger partial charge in [-0.25, -0.2) is 0 Å². The van der Waals surface area contributed by atoms with Gasteiger partial charge in [-0.3, -0.25) is 4.79 Å². The summed E-state index contributed by atoms with van der Waals surface area (Å²) in [4.78, 5) is 13.3. The van der Waals surface area contributed by atoms with Crippen LogP contribution >= 0.6 is 34.4 Å². The number of ether oxygens (including phenoxy) is 2. The highest BCUT2D eigenvalue weighted by Crippen LogP contribution is 2.37. The third-order valence-electron chi connectivity index (χ3n) is 5.53. The van der Waals surface area contributed by atoms with Gasteiger partial charge in [0.25, 0.3) is 5.91 Å². The van der Waals surface area contributed by atoms with Crippen molar-refractivity contribution in [3.8, 4) is 17.6 Å². The van der Waals surface area contributed by atoms with Crippen LogP contribution < -0.4 is 20.1 Å². The first-order valence-electron chi connectivity index (χ1n) is 11.6. The predicted molar refractivity (Wildman–Crippen MR) is 153 cm³/mol. The van der Waals surface area contributed by atoms with Crippen LogP contribution in [0.2, 0.25) is 0 Å². The Morgan fingerprint density at radius 1 is 1.14 bits per heavy atom. The molecular formula is C28H26IN3O3S. The van der Waals surface area contributed by atoms with Gasteiger partial charge in [0.2, 0.25) is 0 Å². The minimum absolute atomic E-state index is 0.121. The fourth-order valence-electron chi connectivity index (χ4n) is 3.68. The Kier molecular flexibility index (Phi) is 8.78. The second kappa shape index (κ2) is 12.2. The molecule has 6 nitrogen and oxygen atoms in total. The molecule has 4 rings (SSSR count). The highest BCUT2D eigenvalue weighted by molar-refractivity contribution is 14.1. The van der Waals surface area contributed by atoms with Gasteiger partial charge in [-0.05, 0) is 83.5 Å². The number of nitriles is 1. The monoisotopic (exact) mass is 611 g/mol. The van der Waals surface area contributed by atoms with Gasteiger partial charge >= 0.3 is 0 Å². The lowest BCUT2D eigenvalue weighted by molar-refractivity contribution is -0.116. The average molecular weight is 612 g/mol. The molecule has 1 fully saturated rings. The van der Waals surface area contributed by atoms with E-state index in [9.17, 15) is 10.1 Å². The number of rotatable bonds is 9. The quantitative estimate of drug-likeness (QED) is 0.218. The van der Waals surface area contributed by atoms with E-state index in [1.807, 2.05) is 55.5 Å². The first-order valence-corrected chi connectivity index (χ1v) is 13.6. The van der Waals surface area contributed by atoms with Gasteiger partial charge in [0.05, 0.1) is 26.7 Å². The van der Waals surface area contributed by atoms with Crippen LogP contribution in [0.15, 0.2) is 65.6 Å². The Morgan fingerprint density at radius 3 is 2.64 bits per heavy atom. The molecule has 3 aromatic rings. The van der Waals surface area contributed by atoms with E-state index in [-0.39, 0.29) is 18.0 Å². The van der Waals surface area contributed by atoms with Gasteiger partial charge in [0, 0.05) is 11.3 Å². The van der Waals surface area contributed by atoms with Gasteiger partial charge in [-0.2, -0.15) is 5.26 Å². The molecular weight excluding hydrogens is 585 g/mol. The number of thioether (sulfide) groups is 1. The van der Waals surface area contributed by atoms with Crippen molar-refractivity contribution in [2.75, 3.05) is 11.9 Å². The molecule has 1 heterocycles. The van der Waals surface area contributed by atoms with Crippen molar-refractivity contribution in [3.05, 3.63) is 91.4 Å². The number of halogens is 1. The summed E-state index contributed by atoms with van der Waals surface area (Å²) in [5.74, 6) is 1.09. The molecule has 1 atom stereocenters. The molecule has 2 N–H and O–H groups in total. The van der Waals surface area contributed by atoms with E-state index in [1.165, 1.54) is 17.3 Å². The number of hydrogen-bond donors (Lipinski definition) is 2. The highest BCUT2D eigenvalue weighted by Gasteiger charge is 2.27. The number of carbonyl (C=O) groups is 1. The van der Waals surface area contributed by atoms with Crippen LogP contribution in [0.3, 0.4) is 0 Å². The highest BCUT2D eigenvalue weighted by atomic mass is 127. The van der Waals surface area contributed by atoms with Crippen molar-refractivity contribution in [1.82, 2.24) is 5.32 Å². The molecule has 0 unspecified atom stereocenters. The number of amides is 1. The van der Waals surface area contributed by atoms with Crippen LogP contribution in [0.1, 0.15) is 36.1 Å². The number of nitrogens with zero attached hydrogens (tertiary/aromatic N) is 1. The molecule has 1 saturated heterocycles. The van der Waals surface area contributed by atoms with E-state index < -0.39 is 0 Å². The minimum atomic E-state index is -0.246. The van der Waals surface area contributed by atoms with E-state index >= 15 is 0 Å². The number of aryl methyl sites for hydroxylation is 1. The summed E-state index contributed by atoms with van der Waals surface area (Å²) in [6, 6.07) is 21.6. The number of nitrogens with one attached hydrogen (secondary N) is 2. The number of benzene rings is 3. The zero-order chi connectivity index (χ0) is 25.5. The molecule has 0 aromatic heterocycles. The molecule has 0 aliphatic carbocycles. The molecule has 184 valence electrons. The molecule has 1 aliphatic rings. The molecule has 1 amide bonds. The maximum absolute atomic E-state index is 12.6. The number of carbonyl (C=O) groups excluding carboxylic acids is 1. The van der Waals surface area contributed by atoms with Crippen molar-refractivity contribution in [1.29, 1.82) is 5.26 Å². The van der Waals surface area contributed by atoms with Crippen LogP contribution in [-0.4, -0.2) is 18.0 Å². The first kappa shape index (κ1) is 25.9. The summed E-state index contributed by atoms with van der Waals surface area (Å²) < 4.78 is 12.8. The maximum Gasteiger partial charge on any atom is 0.260 e. The van der Waals surface area contributed by atoms with Gasteiger partial charge in [-0.1, -0.05) is 49.0 Å². The summed E-state index contributed by atoms with van der Waals surface area (Å²) in [6.07, 6.45) is 2.85. The fourth-order valence-corrected chi connectivity index (χ4v) is 5.45. The summed E-state index contributed by atoms with van der Waals surface area (Å²) in [7, 11) is 0. The van der Waals surface area contributed by atoms with Crippen LogP contribution in [0.4, 0.5) is 5.69 Å². The molecule has 0 radical (unpaired) electrons. The molecule has 8 heteroatoms. The van der Waals surface area contributed by atoms with E-state index in [4.69, 9.17) is 9.47 Å². The number of anilines is 1. The zero-order valence-corrected chi connectivity index (χ0v) is 23.0. The zero-order valence-electron chi connectivity index (χ0n) is 20.0. The second-order valence-corrected chi connectivity index (χ2v) is 10.3. The molecule has 3 aromatic carbocycles. The summed E-state index contributed by atoms with van der Waals surface area (Å²) in [6.45, 7) is 4.76. The summed E-state index contributed by atoms with van der Waals surface area (Å²) in [5.41, 5.74) is 4.22. The SMILES string of the molecule is CCOc1cc(/C=C2\S[C@@H](Nc3ccc(CC)cc3)NC2=O)cc(I)c1OCc1ccccc1C#N. The Labute approximate surface area is 229 Å². The van der Waals surface area contributed by atoms with Gasteiger partial charge in [0.15, 0.2) is 17.0 Å². The smallest absolute Gasteiger partial charge is 0.260 e. The van der Waals surface area contributed by atoms with Crippen LogP contribution in [0, 0.1) is 14.9 Å². The average Bonchev–Trinajstić information content (AvgIpc) is 3.22. The molecule has 0 spiro atoms.